The minimum atomic E-state index is -0.361. The second kappa shape index (κ2) is 6.27. The summed E-state index contributed by atoms with van der Waals surface area (Å²) in [5.74, 6) is 0.985. The predicted octanol–water partition coefficient (Wildman–Crippen LogP) is 3.41. The molecule has 0 amide bonds. The molecule has 1 unspecified atom stereocenters. The van der Waals surface area contributed by atoms with E-state index in [0.717, 1.165) is 41.4 Å². The van der Waals surface area contributed by atoms with Gasteiger partial charge in [0.25, 0.3) is 5.89 Å². The Morgan fingerprint density at radius 2 is 2.16 bits per heavy atom. The zero-order valence-corrected chi connectivity index (χ0v) is 14.3. The fourth-order valence-corrected chi connectivity index (χ4v) is 3.39. The van der Waals surface area contributed by atoms with Crippen molar-refractivity contribution in [2.75, 3.05) is 0 Å². The Kier molecular flexibility index (Phi) is 3.95. The molecule has 1 aromatic carbocycles. The number of pyridine rings is 1. The highest BCUT2D eigenvalue weighted by atomic mass is 16.6. The number of aromatic nitrogens is 3. The van der Waals surface area contributed by atoms with Crippen LogP contribution in [0.25, 0.3) is 10.9 Å². The van der Waals surface area contributed by atoms with Crippen LogP contribution in [0.5, 0.6) is 0 Å². The van der Waals surface area contributed by atoms with Crippen LogP contribution in [0.15, 0.2) is 28.8 Å². The van der Waals surface area contributed by atoms with Gasteiger partial charge in [0, 0.05) is 11.1 Å². The second-order valence-electron chi connectivity index (χ2n) is 6.59. The van der Waals surface area contributed by atoms with Crippen molar-refractivity contribution in [1.82, 2.24) is 15.1 Å². The van der Waals surface area contributed by atoms with E-state index in [-0.39, 0.29) is 12.6 Å². The molecular formula is C19H19N3O3. The highest BCUT2D eigenvalue weighted by Gasteiger charge is 2.26. The molecule has 25 heavy (non-hydrogen) atoms. The monoisotopic (exact) mass is 337 g/mol. The zero-order valence-electron chi connectivity index (χ0n) is 14.3. The van der Waals surface area contributed by atoms with Gasteiger partial charge in [0.05, 0.1) is 11.1 Å². The highest BCUT2D eigenvalue weighted by Crippen LogP contribution is 2.32. The summed E-state index contributed by atoms with van der Waals surface area (Å²) in [7, 11) is 0. The van der Waals surface area contributed by atoms with E-state index in [0.29, 0.717) is 23.2 Å². The first kappa shape index (κ1) is 15.7. The number of carbonyl (C=O) groups is 1. The zero-order chi connectivity index (χ0) is 17.4. The number of benzene rings is 1. The summed E-state index contributed by atoms with van der Waals surface area (Å²) in [4.78, 5) is 21.7. The van der Waals surface area contributed by atoms with E-state index in [4.69, 9.17) is 14.2 Å². The number of rotatable bonds is 3. The van der Waals surface area contributed by atoms with E-state index >= 15 is 0 Å². The fraction of sp³-hybridized carbons (Fsp3) is 0.368. The quantitative estimate of drug-likeness (QED) is 0.682. The highest BCUT2D eigenvalue weighted by molar-refractivity contribution is 6.05. The number of hydrogen-bond acceptors (Lipinski definition) is 6. The van der Waals surface area contributed by atoms with Crippen molar-refractivity contribution in [3.63, 3.8) is 0 Å². The molecule has 6 heteroatoms. The molecule has 1 aliphatic rings. The van der Waals surface area contributed by atoms with Crippen molar-refractivity contribution in [3.05, 3.63) is 52.8 Å². The van der Waals surface area contributed by atoms with Gasteiger partial charge in [0.2, 0.25) is 0 Å². The van der Waals surface area contributed by atoms with Gasteiger partial charge in [-0.3, -0.25) is 4.98 Å². The first-order chi connectivity index (χ1) is 12.1. The van der Waals surface area contributed by atoms with Crippen molar-refractivity contribution in [1.29, 1.82) is 0 Å². The maximum Gasteiger partial charge on any atom is 0.339 e. The summed E-state index contributed by atoms with van der Waals surface area (Å²) in [6, 6.07) is 7.71. The lowest BCUT2D eigenvalue weighted by Gasteiger charge is -2.24. The Morgan fingerprint density at radius 1 is 1.32 bits per heavy atom. The second-order valence-corrected chi connectivity index (χ2v) is 6.59. The van der Waals surface area contributed by atoms with Crippen molar-refractivity contribution < 1.29 is 14.1 Å². The first-order valence-electron chi connectivity index (χ1n) is 8.48. The van der Waals surface area contributed by atoms with E-state index in [1.54, 1.807) is 6.92 Å². The number of carbonyl (C=O) groups excluding carboxylic acids is 1. The third kappa shape index (κ3) is 2.99. The van der Waals surface area contributed by atoms with Crippen molar-refractivity contribution in [2.45, 2.75) is 39.7 Å². The molecule has 0 saturated heterocycles. The number of aryl methyl sites for hydroxylation is 2. The molecule has 2 heterocycles. The van der Waals surface area contributed by atoms with Crippen LogP contribution in [0.4, 0.5) is 0 Å². The molecule has 128 valence electrons. The van der Waals surface area contributed by atoms with Gasteiger partial charge in [-0.25, -0.2) is 4.79 Å². The van der Waals surface area contributed by atoms with Gasteiger partial charge in [-0.2, -0.15) is 4.98 Å². The van der Waals surface area contributed by atoms with E-state index in [1.165, 1.54) is 0 Å². The van der Waals surface area contributed by atoms with Crippen LogP contribution >= 0.6 is 0 Å². The molecule has 4 rings (SSSR count). The SMILES string of the molecule is Cc1noc(COC(=O)c2c3c(nc4ccccc24)CCC(C)C3)n1. The van der Waals surface area contributed by atoms with Crippen LogP contribution in [0, 0.1) is 12.8 Å². The smallest absolute Gasteiger partial charge is 0.339 e. The Balaban J connectivity index is 1.73. The van der Waals surface area contributed by atoms with Crippen molar-refractivity contribution in [2.24, 2.45) is 5.92 Å². The van der Waals surface area contributed by atoms with Gasteiger partial charge in [0.15, 0.2) is 12.4 Å². The predicted molar refractivity (Wildman–Crippen MR) is 91.1 cm³/mol. The standard InChI is InChI=1S/C19H19N3O3/c1-11-7-8-16-14(9-11)18(13-5-3-4-6-15(13)21-16)19(23)24-10-17-20-12(2)22-25-17/h3-6,11H,7-10H2,1-2H3. The van der Waals surface area contributed by atoms with Crippen LogP contribution in [0.1, 0.15) is 46.7 Å². The van der Waals surface area contributed by atoms with Gasteiger partial charge in [-0.05, 0) is 43.7 Å². The summed E-state index contributed by atoms with van der Waals surface area (Å²) in [6.07, 6.45) is 2.83. The Hall–Kier alpha value is -2.76. The maximum atomic E-state index is 12.9. The van der Waals surface area contributed by atoms with Gasteiger partial charge >= 0.3 is 5.97 Å². The first-order valence-corrected chi connectivity index (χ1v) is 8.48. The van der Waals surface area contributed by atoms with Gasteiger partial charge in [-0.1, -0.05) is 30.3 Å². The van der Waals surface area contributed by atoms with Crippen LogP contribution in [-0.2, 0) is 24.2 Å². The minimum absolute atomic E-state index is 0.0271. The van der Waals surface area contributed by atoms with Crippen LogP contribution < -0.4 is 0 Å². The maximum absolute atomic E-state index is 12.9. The van der Waals surface area contributed by atoms with Crippen LogP contribution in [-0.4, -0.2) is 21.1 Å². The molecule has 0 saturated carbocycles. The topological polar surface area (TPSA) is 78.1 Å². The van der Waals surface area contributed by atoms with E-state index < -0.39 is 0 Å². The van der Waals surface area contributed by atoms with Gasteiger partial charge in [0.1, 0.15) is 0 Å². The number of fused-ring (bicyclic) bond motifs is 2. The molecule has 6 nitrogen and oxygen atoms in total. The molecule has 0 aliphatic heterocycles. The average molecular weight is 337 g/mol. The third-order valence-electron chi connectivity index (χ3n) is 4.61. The van der Waals surface area contributed by atoms with Crippen LogP contribution in [0.3, 0.4) is 0 Å². The summed E-state index contributed by atoms with van der Waals surface area (Å²) in [5, 5.41) is 4.55. The minimum Gasteiger partial charge on any atom is -0.452 e. The Bertz CT molecular complexity index is 948. The fourth-order valence-electron chi connectivity index (χ4n) is 3.39. The summed E-state index contributed by atoms with van der Waals surface area (Å²) in [5.41, 5.74) is 3.49. The number of ether oxygens (including phenoxy) is 1. The third-order valence-corrected chi connectivity index (χ3v) is 4.61. The lowest BCUT2D eigenvalue weighted by Crippen LogP contribution is -2.19. The summed E-state index contributed by atoms with van der Waals surface area (Å²) >= 11 is 0. The molecule has 0 N–H and O–H groups in total. The van der Waals surface area contributed by atoms with E-state index in [1.807, 2.05) is 24.3 Å². The number of nitrogens with zero attached hydrogens (tertiary/aromatic N) is 3. The summed E-state index contributed by atoms with van der Waals surface area (Å²) < 4.78 is 10.5. The lowest BCUT2D eigenvalue weighted by molar-refractivity contribution is 0.0430. The molecule has 3 aromatic rings. The van der Waals surface area contributed by atoms with Gasteiger partial charge < -0.3 is 9.26 Å². The Labute approximate surface area is 145 Å². The van der Waals surface area contributed by atoms with E-state index in [9.17, 15) is 4.79 Å². The van der Waals surface area contributed by atoms with Crippen molar-refractivity contribution in [3.8, 4) is 0 Å². The van der Waals surface area contributed by atoms with Gasteiger partial charge in [-0.15, -0.1) is 0 Å². The molecule has 0 bridgehead atoms. The van der Waals surface area contributed by atoms with E-state index in [2.05, 4.69) is 17.1 Å². The molecule has 0 spiro atoms. The molecule has 2 aromatic heterocycles. The Morgan fingerprint density at radius 3 is 2.96 bits per heavy atom. The van der Waals surface area contributed by atoms with Crippen molar-refractivity contribution >= 4 is 16.9 Å². The number of para-hydroxylation sites is 1. The molecule has 0 fully saturated rings. The average Bonchev–Trinajstić information content (AvgIpc) is 3.03. The lowest BCUT2D eigenvalue weighted by atomic mass is 9.84. The molecule has 0 radical (unpaired) electrons. The molecule has 1 atom stereocenters. The summed E-state index contributed by atoms with van der Waals surface area (Å²) in [6.45, 7) is 3.90. The normalized spacial score (nSPS) is 16.6. The molecular weight excluding hydrogens is 318 g/mol. The largest absolute Gasteiger partial charge is 0.452 e. The number of esters is 1. The van der Waals surface area contributed by atoms with Crippen LogP contribution in [0.2, 0.25) is 0 Å². The molecule has 1 aliphatic carbocycles. The number of hydrogen-bond donors (Lipinski definition) is 0.